The average Bonchev–Trinajstić information content (AvgIpc) is 2.66. The van der Waals surface area contributed by atoms with E-state index < -0.39 is 0 Å². The van der Waals surface area contributed by atoms with Gasteiger partial charge in [-0.15, -0.1) is 0 Å². The van der Waals surface area contributed by atoms with E-state index in [0.717, 1.165) is 19.3 Å². The van der Waals surface area contributed by atoms with Gasteiger partial charge in [-0.2, -0.15) is 0 Å². The van der Waals surface area contributed by atoms with Crippen molar-refractivity contribution in [2.45, 2.75) is 39.5 Å². The summed E-state index contributed by atoms with van der Waals surface area (Å²) in [4.78, 5) is 0. The van der Waals surface area contributed by atoms with E-state index in [1.54, 1.807) is 22.3 Å². The van der Waals surface area contributed by atoms with Gasteiger partial charge in [0, 0.05) is 20.1 Å². The van der Waals surface area contributed by atoms with Gasteiger partial charge in [-0.3, -0.25) is 0 Å². The summed E-state index contributed by atoms with van der Waals surface area (Å²) in [5.41, 5.74) is 6.33. The largest absolute Gasteiger partial charge is 0.0841 e. The van der Waals surface area contributed by atoms with Crippen molar-refractivity contribution >= 4 is 0 Å². The van der Waals surface area contributed by atoms with Gasteiger partial charge in [0.15, 0.2) is 0 Å². The molecule has 2 aliphatic rings. The average molecular weight is 379 g/mol. The van der Waals surface area contributed by atoms with Crippen molar-refractivity contribution in [2.24, 2.45) is 0 Å². The fourth-order valence-electron chi connectivity index (χ4n) is 2.34. The van der Waals surface area contributed by atoms with Crippen LogP contribution in [0, 0.1) is 0 Å². The summed E-state index contributed by atoms with van der Waals surface area (Å²) in [6.45, 7) is 4.52. The van der Waals surface area contributed by atoms with Crippen molar-refractivity contribution < 1.29 is 20.1 Å². The molecule has 0 amide bonds. The predicted octanol–water partition coefficient (Wildman–Crippen LogP) is 4.32. The Bertz CT molecular complexity index is 354. The molecule has 1 radical (unpaired) electrons. The molecule has 2 aliphatic carbocycles. The second-order valence-electron chi connectivity index (χ2n) is 4.10. The molecule has 0 spiro atoms. The Morgan fingerprint density at radius 1 is 1.00 bits per heavy atom. The Kier molecular flexibility index (Phi) is 4.76. The molecule has 0 saturated heterocycles. The number of rotatable bonds is 2. The maximum absolute atomic E-state index is 2.31. The molecule has 83 valence electrons. The van der Waals surface area contributed by atoms with Crippen LogP contribution in [0.3, 0.4) is 0 Å². The molecular weight excluding hydrogens is 360 g/mol. The van der Waals surface area contributed by atoms with Gasteiger partial charge in [-0.1, -0.05) is 36.8 Å². The van der Waals surface area contributed by atoms with Gasteiger partial charge in [0.05, 0.1) is 0 Å². The van der Waals surface area contributed by atoms with Crippen LogP contribution in [0.25, 0.3) is 0 Å². The van der Waals surface area contributed by atoms with Gasteiger partial charge in [0.2, 0.25) is 0 Å². The van der Waals surface area contributed by atoms with E-state index in [1.165, 1.54) is 6.42 Å². The topological polar surface area (TPSA) is 0 Å². The molecule has 0 fully saturated rings. The molecule has 0 N–H and O–H groups in total. The van der Waals surface area contributed by atoms with Crippen LogP contribution in [-0.4, -0.2) is 0 Å². The van der Waals surface area contributed by atoms with Gasteiger partial charge >= 0.3 is 0 Å². The first-order chi connectivity index (χ1) is 6.83. The van der Waals surface area contributed by atoms with Gasteiger partial charge in [-0.05, 0) is 49.3 Å². The second-order valence-corrected chi connectivity index (χ2v) is 4.10. The van der Waals surface area contributed by atoms with Gasteiger partial charge < -0.3 is 0 Å². The molecule has 0 saturated carbocycles. The summed E-state index contributed by atoms with van der Waals surface area (Å²) >= 11 is 0. The maximum atomic E-state index is 2.31. The standard InChI is InChI=1S/C14H18.Ir/c1-3-12-8-6-10-14(12)13-9-5-4-7-11(13)2;/h4-6,8H,3,7,9-10H2,1-2H3;. The van der Waals surface area contributed by atoms with Crippen LogP contribution in [0.2, 0.25) is 0 Å². The summed E-state index contributed by atoms with van der Waals surface area (Å²) in [5, 5.41) is 0. The molecule has 15 heavy (non-hydrogen) atoms. The van der Waals surface area contributed by atoms with E-state index in [-0.39, 0.29) is 20.1 Å². The molecule has 0 unspecified atom stereocenters. The Hall–Kier alpha value is -0.391. The van der Waals surface area contributed by atoms with Crippen molar-refractivity contribution in [2.75, 3.05) is 0 Å². The first-order valence-electron chi connectivity index (χ1n) is 5.55. The minimum Gasteiger partial charge on any atom is -0.0841 e. The minimum absolute atomic E-state index is 0. The third-order valence-electron chi connectivity index (χ3n) is 3.20. The fourth-order valence-corrected chi connectivity index (χ4v) is 2.34. The first kappa shape index (κ1) is 12.7. The van der Waals surface area contributed by atoms with Gasteiger partial charge in [-0.25, -0.2) is 0 Å². The van der Waals surface area contributed by atoms with Crippen LogP contribution in [0.15, 0.2) is 46.6 Å². The summed E-state index contributed by atoms with van der Waals surface area (Å²) in [7, 11) is 0. The molecule has 2 rings (SSSR count). The summed E-state index contributed by atoms with van der Waals surface area (Å²) in [6.07, 6.45) is 13.8. The molecule has 0 nitrogen and oxygen atoms in total. The molecule has 0 aromatic rings. The minimum atomic E-state index is 0. The van der Waals surface area contributed by atoms with Gasteiger partial charge in [0.25, 0.3) is 0 Å². The summed E-state index contributed by atoms with van der Waals surface area (Å²) in [5.74, 6) is 0. The SMILES string of the molecule is CCC1=C(C2=C(C)CC=CC2)CC=C1.[Ir]. The van der Waals surface area contributed by atoms with E-state index >= 15 is 0 Å². The molecule has 0 aromatic heterocycles. The van der Waals surface area contributed by atoms with Crippen molar-refractivity contribution in [3.05, 3.63) is 46.6 Å². The van der Waals surface area contributed by atoms with E-state index in [1.807, 2.05) is 0 Å². The molecule has 1 heteroatoms. The normalized spacial score (nSPS) is 19.9. The Balaban J connectivity index is 0.00000112. The van der Waals surface area contributed by atoms with Crippen LogP contribution in [0.4, 0.5) is 0 Å². The first-order valence-corrected chi connectivity index (χ1v) is 5.55. The van der Waals surface area contributed by atoms with Crippen molar-refractivity contribution in [1.82, 2.24) is 0 Å². The summed E-state index contributed by atoms with van der Waals surface area (Å²) < 4.78 is 0. The monoisotopic (exact) mass is 379 g/mol. The zero-order valence-corrected chi connectivity index (χ0v) is 11.9. The number of hydrogen-bond acceptors (Lipinski definition) is 0. The van der Waals surface area contributed by atoms with E-state index in [0.29, 0.717) is 0 Å². The molecule has 0 aromatic carbocycles. The molecular formula is C14H18Ir. The molecule has 0 bridgehead atoms. The maximum Gasteiger partial charge on any atom is 0 e. The van der Waals surface area contributed by atoms with Crippen LogP contribution in [-0.2, 0) is 20.1 Å². The predicted molar refractivity (Wildman–Crippen MR) is 62.1 cm³/mol. The number of allylic oxidation sites excluding steroid dienone is 8. The zero-order chi connectivity index (χ0) is 9.97. The Labute approximate surface area is 106 Å². The fraction of sp³-hybridized carbons (Fsp3) is 0.429. The Morgan fingerprint density at radius 3 is 2.33 bits per heavy atom. The van der Waals surface area contributed by atoms with E-state index in [4.69, 9.17) is 0 Å². The van der Waals surface area contributed by atoms with Crippen molar-refractivity contribution in [3.63, 3.8) is 0 Å². The van der Waals surface area contributed by atoms with E-state index in [2.05, 4.69) is 38.2 Å². The number of hydrogen-bond donors (Lipinski definition) is 0. The summed E-state index contributed by atoms with van der Waals surface area (Å²) in [6, 6.07) is 0. The molecule has 0 heterocycles. The van der Waals surface area contributed by atoms with Crippen LogP contribution in [0.5, 0.6) is 0 Å². The van der Waals surface area contributed by atoms with Crippen molar-refractivity contribution in [1.29, 1.82) is 0 Å². The van der Waals surface area contributed by atoms with Crippen LogP contribution in [0.1, 0.15) is 39.5 Å². The van der Waals surface area contributed by atoms with Crippen LogP contribution >= 0.6 is 0 Å². The zero-order valence-electron chi connectivity index (χ0n) is 9.47. The second kappa shape index (κ2) is 5.63. The smallest absolute Gasteiger partial charge is 0 e. The molecule has 0 aliphatic heterocycles. The molecule has 0 atom stereocenters. The van der Waals surface area contributed by atoms with Crippen LogP contribution < -0.4 is 0 Å². The third-order valence-corrected chi connectivity index (χ3v) is 3.20. The van der Waals surface area contributed by atoms with Gasteiger partial charge in [0.1, 0.15) is 0 Å². The van der Waals surface area contributed by atoms with Crippen molar-refractivity contribution in [3.8, 4) is 0 Å². The third kappa shape index (κ3) is 2.59. The Morgan fingerprint density at radius 2 is 1.67 bits per heavy atom. The quantitative estimate of drug-likeness (QED) is 0.628. The van der Waals surface area contributed by atoms with E-state index in [9.17, 15) is 0 Å².